The summed E-state index contributed by atoms with van der Waals surface area (Å²) >= 11 is 0. The van der Waals surface area contributed by atoms with Crippen molar-refractivity contribution in [1.82, 2.24) is 31.1 Å². The molecule has 0 N–H and O–H groups in total. The molecule has 0 aliphatic heterocycles. The molecule has 0 saturated carbocycles. The molecule has 8 nitrogen and oxygen atoms in total. The fourth-order valence-corrected chi connectivity index (χ4v) is 0.467. The normalized spacial score (nSPS) is 9.35. The molecule has 0 aromatic carbocycles. The van der Waals surface area contributed by atoms with Gasteiger partial charge in [0.05, 0.1) is 10.5 Å². The Balaban J connectivity index is 0.000000246. The molecule has 0 fully saturated rings. The summed E-state index contributed by atoms with van der Waals surface area (Å²) in [5.41, 5.74) is 0. The SMILES string of the molecule is CC(C)C.CC(C)c1nnno1.c1nnon1. The van der Waals surface area contributed by atoms with Gasteiger partial charge in [0.15, 0.2) is 6.33 Å². The lowest BCUT2D eigenvalue weighted by Gasteiger charge is -1.89. The Bertz CT molecular complexity index is 312. The predicted octanol–water partition coefficient (Wildman–Crippen LogP) is 1.71. The molecule has 0 amide bonds. The van der Waals surface area contributed by atoms with E-state index >= 15 is 0 Å². The number of aromatic nitrogens is 6. The standard InChI is InChI=1S/C4H7N3O.C4H10.CHN3O/c1-3(2)4-5-6-7-8-4;1-4(2)3;1-2-4-5-3-1/h3H,1-2H3;4H,1-3H3;1H. The van der Waals surface area contributed by atoms with E-state index in [9.17, 15) is 0 Å². The van der Waals surface area contributed by atoms with E-state index in [4.69, 9.17) is 0 Å². The van der Waals surface area contributed by atoms with Crippen molar-refractivity contribution in [2.45, 2.75) is 40.5 Å². The topological polar surface area (TPSA) is 104 Å². The van der Waals surface area contributed by atoms with Crippen molar-refractivity contribution < 1.29 is 9.15 Å². The van der Waals surface area contributed by atoms with Crippen LogP contribution in [-0.4, -0.2) is 31.1 Å². The van der Waals surface area contributed by atoms with Crippen molar-refractivity contribution in [3.63, 3.8) is 0 Å². The number of rotatable bonds is 1. The van der Waals surface area contributed by atoms with E-state index in [1.54, 1.807) is 0 Å². The zero-order valence-corrected chi connectivity index (χ0v) is 10.7. The molecule has 96 valence electrons. The van der Waals surface area contributed by atoms with Crippen molar-refractivity contribution in [2.75, 3.05) is 0 Å². The first-order chi connectivity index (χ1) is 8.04. The molecule has 0 saturated heterocycles. The van der Waals surface area contributed by atoms with Gasteiger partial charge >= 0.3 is 0 Å². The van der Waals surface area contributed by atoms with E-state index in [0.717, 1.165) is 5.92 Å². The van der Waals surface area contributed by atoms with E-state index < -0.39 is 0 Å². The second kappa shape index (κ2) is 9.37. The molecule has 2 heterocycles. The quantitative estimate of drug-likeness (QED) is 0.744. The molecule has 0 aliphatic carbocycles. The summed E-state index contributed by atoms with van der Waals surface area (Å²) in [4.78, 5) is 0. The van der Waals surface area contributed by atoms with Crippen LogP contribution in [0.1, 0.15) is 46.4 Å². The Morgan fingerprint density at radius 3 is 1.88 bits per heavy atom. The van der Waals surface area contributed by atoms with Crippen LogP contribution in [0.3, 0.4) is 0 Å². The summed E-state index contributed by atoms with van der Waals surface area (Å²) in [6.07, 6.45) is 1.22. The van der Waals surface area contributed by atoms with Crippen molar-refractivity contribution in [3.8, 4) is 0 Å². The maximum atomic E-state index is 4.62. The molecule has 0 unspecified atom stereocenters. The van der Waals surface area contributed by atoms with Crippen LogP contribution in [0, 0.1) is 5.92 Å². The maximum absolute atomic E-state index is 4.62. The number of nitrogens with zero attached hydrogens (tertiary/aromatic N) is 6. The molecule has 0 spiro atoms. The van der Waals surface area contributed by atoms with Crippen LogP contribution in [0.15, 0.2) is 15.5 Å². The molecule has 0 atom stereocenters. The smallest absolute Gasteiger partial charge is 0.250 e. The summed E-state index contributed by atoms with van der Waals surface area (Å²) < 4.78 is 8.59. The van der Waals surface area contributed by atoms with Crippen LogP contribution in [-0.2, 0) is 0 Å². The molecular formula is C9H18N6O2. The second-order valence-electron chi connectivity index (χ2n) is 4.09. The van der Waals surface area contributed by atoms with Gasteiger partial charge in [0, 0.05) is 5.92 Å². The van der Waals surface area contributed by atoms with Gasteiger partial charge in [-0.25, -0.2) is 4.63 Å². The molecular weight excluding hydrogens is 224 g/mol. The molecule has 17 heavy (non-hydrogen) atoms. The fourth-order valence-electron chi connectivity index (χ4n) is 0.467. The maximum Gasteiger partial charge on any atom is 0.250 e. The lowest BCUT2D eigenvalue weighted by molar-refractivity contribution is 0.292. The van der Waals surface area contributed by atoms with E-state index in [1.807, 2.05) is 13.8 Å². The molecule has 8 heteroatoms. The van der Waals surface area contributed by atoms with Gasteiger partial charge in [-0.1, -0.05) is 44.8 Å². The third kappa shape index (κ3) is 10.4. The summed E-state index contributed by atoms with van der Waals surface area (Å²) in [7, 11) is 0. The summed E-state index contributed by atoms with van der Waals surface area (Å²) in [5.74, 6) is 1.70. The van der Waals surface area contributed by atoms with Gasteiger partial charge in [-0.05, 0) is 16.3 Å². The van der Waals surface area contributed by atoms with Gasteiger partial charge < -0.3 is 4.52 Å². The third-order valence-electron chi connectivity index (χ3n) is 1.04. The Kier molecular flexibility index (Phi) is 8.35. The zero-order chi connectivity index (χ0) is 13.1. The number of hydrogen-bond acceptors (Lipinski definition) is 8. The zero-order valence-electron chi connectivity index (χ0n) is 10.7. The summed E-state index contributed by atoms with van der Waals surface area (Å²) in [5, 5.41) is 19.4. The monoisotopic (exact) mass is 242 g/mol. The third-order valence-corrected chi connectivity index (χ3v) is 1.04. The van der Waals surface area contributed by atoms with Crippen molar-refractivity contribution in [3.05, 3.63) is 12.2 Å². The van der Waals surface area contributed by atoms with Gasteiger partial charge in [-0.2, -0.15) is 0 Å². The highest BCUT2D eigenvalue weighted by molar-refractivity contribution is 4.78. The molecule has 0 radical (unpaired) electrons. The van der Waals surface area contributed by atoms with Gasteiger partial charge in [0.25, 0.3) is 5.89 Å². The van der Waals surface area contributed by atoms with Crippen LogP contribution in [0.5, 0.6) is 0 Å². The van der Waals surface area contributed by atoms with Gasteiger partial charge in [-0.15, -0.1) is 0 Å². The Labute approximate surface area is 99.7 Å². The Morgan fingerprint density at radius 2 is 1.71 bits per heavy atom. The lowest BCUT2D eigenvalue weighted by atomic mass is 10.2. The van der Waals surface area contributed by atoms with Gasteiger partial charge in [-0.3, -0.25) is 0 Å². The highest BCUT2D eigenvalue weighted by Crippen LogP contribution is 2.06. The van der Waals surface area contributed by atoms with Crippen LogP contribution in [0.25, 0.3) is 0 Å². The van der Waals surface area contributed by atoms with Crippen molar-refractivity contribution >= 4 is 0 Å². The minimum atomic E-state index is 0.282. The van der Waals surface area contributed by atoms with E-state index in [-0.39, 0.29) is 5.92 Å². The first-order valence-corrected chi connectivity index (χ1v) is 5.27. The first-order valence-electron chi connectivity index (χ1n) is 5.27. The molecule has 0 bridgehead atoms. The average Bonchev–Trinajstić information content (AvgIpc) is 2.94. The van der Waals surface area contributed by atoms with Crippen molar-refractivity contribution in [1.29, 1.82) is 0 Å². The van der Waals surface area contributed by atoms with E-state index in [1.165, 1.54) is 6.33 Å². The summed E-state index contributed by atoms with van der Waals surface area (Å²) in [6, 6.07) is 0. The Hall–Kier alpha value is -1.86. The van der Waals surface area contributed by atoms with Crippen LogP contribution < -0.4 is 0 Å². The fraction of sp³-hybridized carbons (Fsp3) is 0.778. The molecule has 0 aliphatic rings. The van der Waals surface area contributed by atoms with Crippen molar-refractivity contribution in [2.24, 2.45) is 5.92 Å². The van der Waals surface area contributed by atoms with E-state index in [2.05, 4.69) is 61.0 Å². The highest BCUT2D eigenvalue weighted by atomic mass is 16.6. The largest absolute Gasteiger partial charge is 0.320 e. The Morgan fingerprint density at radius 1 is 1.06 bits per heavy atom. The molecule has 2 aromatic heterocycles. The highest BCUT2D eigenvalue weighted by Gasteiger charge is 2.03. The minimum Gasteiger partial charge on any atom is -0.320 e. The summed E-state index contributed by atoms with van der Waals surface area (Å²) in [6.45, 7) is 10.4. The molecule has 2 aromatic rings. The van der Waals surface area contributed by atoms with Gasteiger partial charge in [0.1, 0.15) is 0 Å². The van der Waals surface area contributed by atoms with Crippen LogP contribution >= 0.6 is 0 Å². The minimum absolute atomic E-state index is 0.282. The van der Waals surface area contributed by atoms with Crippen LogP contribution in [0.4, 0.5) is 0 Å². The number of hydrogen-bond donors (Lipinski definition) is 0. The van der Waals surface area contributed by atoms with Crippen LogP contribution in [0.2, 0.25) is 0 Å². The van der Waals surface area contributed by atoms with E-state index in [0.29, 0.717) is 5.89 Å². The lowest BCUT2D eigenvalue weighted by Crippen LogP contribution is -1.85. The average molecular weight is 242 g/mol. The molecule has 2 rings (SSSR count). The second-order valence-corrected chi connectivity index (χ2v) is 4.09. The van der Waals surface area contributed by atoms with Gasteiger partial charge in [0.2, 0.25) is 0 Å². The predicted molar refractivity (Wildman–Crippen MR) is 58.8 cm³/mol. The first kappa shape index (κ1) is 15.1.